The summed E-state index contributed by atoms with van der Waals surface area (Å²) >= 11 is 0. The van der Waals surface area contributed by atoms with E-state index in [0.717, 1.165) is 13.1 Å². The first kappa shape index (κ1) is 11.4. The van der Waals surface area contributed by atoms with Gasteiger partial charge in [0.25, 0.3) is 0 Å². The summed E-state index contributed by atoms with van der Waals surface area (Å²) < 4.78 is 0. The molecular formula is C9H19NO2. The van der Waals surface area contributed by atoms with Crippen molar-refractivity contribution in [3.05, 3.63) is 0 Å². The van der Waals surface area contributed by atoms with Crippen LogP contribution in [0.5, 0.6) is 0 Å². The van der Waals surface area contributed by atoms with Gasteiger partial charge in [-0.1, -0.05) is 20.8 Å². The Balaban J connectivity index is 3.94. The lowest BCUT2D eigenvalue weighted by Crippen LogP contribution is -2.32. The van der Waals surface area contributed by atoms with Gasteiger partial charge in [0.1, 0.15) is 0 Å². The first-order valence-electron chi connectivity index (χ1n) is 4.28. The van der Waals surface area contributed by atoms with Crippen molar-refractivity contribution in [2.75, 3.05) is 20.1 Å². The van der Waals surface area contributed by atoms with Crippen LogP contribution in [-0.4, -0.2) is 36.1 Å². The molecule has 72 valence electrons. The normalized spacial score (nSPS) is 12.1. The lowest BCUT2D eigenvalue weighted by Gasteiger charge is -2.27. The maximum absolute atomic E-state index is 10.5. The molecule has 0 aliphatic heterocycles. The third kappa shape index (κ3) is 5.13. The minimum atomic E-state index is -0.718. The van der Waals surface area contributed by atoms with Gasteiger partial charge in [-0.15, -0.1) is 0 Å². The van der Waals surface area contributed by atoms with E-state index in [2.05, 4.69) is 11.8 Å². The van der Waals surface area contributed by atoms with Crippen molar-refractivity contribution in [3.8, 4) is 0 Å². The standard InChI is InChI=1S/C9H19NO2/c1-5-10(4)7-9(2,3)6-8(11)12/h5-7H2,1-4H3,(H,11,12). The summed E-state index contributed by atoms with van der Waals surface area (Å²) in [5.41, 5.74) is -0.128. The van der Waals surface area contributed by atoms with Gasteiger partial charge >= 0.3 is 5.97 Å². The molecule has 0 aromatic heterocycles. The molecule has 0 bridgehead atoms. The van der Waals surface area contributed by atoms with Gasteiger partial charge in [-0.3, -0.25) is 4.79 Å². The number of carboxylic acids is 1. The molecule has 0 aromatic carbocycles. The quantitative estimate of drug-likeness (QED) is 0.684. The molecule has 0 heterocycles. The average molecular weight is 173 g/mol. The monoisotopic (exact) mass is 173 g/mol. The smallest absolute Gasteiger partial charge is 0.303 e. The molecule has 0 saturated heterocycles. The first-order chi connectivity index (χ1) is 5.37. The predicted molar refractivity (Wildman–Crippen MR) is 49.2 cm³/mol. The van der Waals surface area contributed by atoms with Gasteiger partial charge < -0.3 is 10.0 Å². The van der Waals surface area contributed by atoms with E-state index in [0.29, 0.717) is 0 Å². The molecule has 0 radical (unpaired) electrons. The molecule has 0 rings (SSSR count). The summed E-state index contributed by atoms with van der Waals surface area (Å²) in [7, 11) is 2.00. The zero-order valence-corrected chi connectivity index (χ0v) is 8.42. The number of aliphatic carboxylic acids is 1. The van der Waals surface area contributed by atoms with Crippen LogP contribution in [0.2, 0.25) is 0 Å². The summed E-state index contributed by atoms with van der Waals surface area (Å²) in [6.07, 6.45) is 0.233. The minimum Gasteiger partial charge on any atom is -0.481 e. The molecule has 0 aliphatic rings. The van der Waals surface area contributed by atoms with E-state index in [-0.39, 0.29) is 11.8 Å². The van der Waals surface area contributed by atoms with Gasteiger partial charge in [0.15, 0.2) is 0 Å². The fourth-order valence-corrected chi connectivity index (χ4v) is 1.31. The third-order valence-electron chi connectivity index (χ3n) is 1.87. The van der Waals surface area contributed by atoms with Crippen molar-refractivity contribution in [1.29, 1.82) is 0 Å². The highest BCUT2D eigenvalue weighted by Gasteiger charge is 2.22. The average Bonchev–Trinajstić information content (AvgIpc) is 1.83. The van der Waals surface area contributed by atoms with Crippen molar-refractivity contribution in [3.63, 3.8) is 0 Å². The molecule has 0 aromatic rings. The maximum atomic E-state index is 10.5. The zero-order valence-electron chi connectivity index (χ0n) is 8.42. The summed E-state index contributed by atoms with van der Waals surface area (Å²) in [6.45, 7) is 7.82. The molecular weight excluding hydrogens is 154 g/mol. The number of hydrogen-bond acceptors (Lipinski definition) is 2. The van der Waals surface area contributed by atoms with E-state index in [1.54, 1.807) is 0 Å². The van der Waals surface area contributed by atoms with Crippen molar-refractivity contribution in [1.82, 2.24) is 4.90 Å². The minimum absolute atomic E-state index is 0.128. The molecule has 3 heteroatoms. The van der Waals surface area contributed by atoms with Gasteiger partial charge in [-0.2, -0.15) is 0 Å². The Morgan fingerprint density at radius 1 is 1.50 bits per heavy atom. The maximum Gasteiger partial charge on any atom is 0.303 e. The Hall–Kier alpha value is -0.570. The summed E-state index contributed by atoms with van der Waals surface area (Å²) in [4.78, 5) is 12.6. The SMILES string of the molecule is CCN(C)CC(C)(C)CC(=O)O. The van der Waals surface area contributed by atoms with Crippen LogP contribution < -0.4 is 0 Å². The van der Waals surface area contributed by atoms with Crippen LogP contribution in [0, 0.1) is 5.41 Å². The van der Waals surface area contributed by atoms with Gasteiger partial charge in [0.2, 0.25) is 0 Å². The first-order valence-corrected chi connectivity index (χ1v) is 4.28. The molecule has 0 fully saturated rings. The van der Waals surface area contributed by atoms with Crippen molar-refractivity contribution < 1.29 is 9.90 Å². The van der Waals surface area contributed by atoms with Crippen LogP contribution in [0.4, 0.5) is 0 Å². The van der Waals surface area contributed by atoms with E-state index in [4.69, 9.17) is 5.11 Å². The molecule has 0 spiro atoms. The highest BCUT2D eigenvalue weighted by atomic mass is 16.4. The van der Waals surface area contributed by atoms with Gasteiger partial charge in [0, 0.05) is 6.54 Å². The van der Waals surface area contributed by atoms with Crippen LogP contribution >= 0.6 is 0 Å². The number of carboxylic acid groups (broad SMARTS) is 1. The van der Waals surface area contributed by atoms with Gasteiger partial charge in [0.05, 0.1) is 6.42 Å². The second kappa shape index (κ2) is 4.45. The van der Waals surface area contributed by atoms with Crippen molar-refractivity contribution >= 4 is 5.97 Å². The summed E-state index contributed by atoms with van der Waals surface area (Å²) in [5.74, 6) is -0.718. The fraction of sp³-hybridized carbons (Fsp3) is 0.889. The molecule has 12 heavy (non-hydrogen) atoms. The molecule has 0 unspecified atom stereocenters. The van der Waals surface area contributed by atoms with Crippen molar-refractivity contribution in [2.45, 2.75) is 27.2 Å². The highest BCUT2D eigenvalue weighted by molar-refractivity contribution is 5.67. The Morgan fingerprint density at radius 3 is 2.33 bits per heavy atom. The lowest BCUT2D eigenvalue weighted by molar-refractivity contribution is -0.139. The fourth-order valence-electron chi connectivity index (χ4n) is 1.31. The van der Waals surface area contributed by atoms with E-state index in [9.17, 15) is 4.79 Å². The van der Waals surface area contributed by atoms with Crippen LogP contribution in [0.25, 0.3) is 0 Å². The Labute approximate surface area is 74.4 Å². The van der Waals surface area contributed by atoms with Crippen LogP contribution in [0.1, 0.15) is 27.2 Å². The molecule has 3 nitrogen and oxygen atoms in total. The zero-order chi connectivity index (χ0) is 9.78. The second-order valence-corrected chi connectivity index (χ2v) is 4.07. The number of rotatable bonds is 5. The Morgan fingerprint density at radius 2 is 2.00 bits per heavy atom. The van der Waals surface area contributed by atoms with E-state index < -0.39 is 5.97 Å². The van der Waals surface area contributed by atoms with E-state index in [1.165, 1.54) is 0 Å². The highest BCUT2D eigenvalue weighted by Crippen LogP contribution is 2.20. The molecule has 0 aliphatic carbocycles. The Kier molecular flexibility index (Phi) is 4.24. The topological polar surface area (TPSA) is 40.5 Å². The summed E-state index contributed by atoms with van der Waals surface area (Å²) in [6, 6.07) is 0. The van der Waals surface area contributed by atoms with E-state index in [1.807, 2.05) is 20.9 Å². The van der Waals surface area contributed by atoms with Crippen LogP contribution in [-0.2, 0) is 4.79 Å². The van der Waals surface area contributed by atoms with Crippen LogP contribution in [0.15, 0.2) is 0 Å². The predicted octanol–water partition coefficient (Wildman–Crippen LogP) is 1.44. The summed E-state index contributed by atoms with van der Waals surface area (Å²) in [5, 5.41) is 8.62. The molecule has 0 atom stereocenters. The number of nitrogens with zero attached hydrogens (tertiary/aromatic N) is 1. The largest absolute Gasteiger partial charge is 0.481 e. The molecule has 1 N–H and O–H groups in total. The van der Waals surface area contributed by atoms with E-state index >= 15 is 0 Å². The van der Waals surface area contributed by atoms with Gasteiger partial charge in [-0.05, 0) is 19.0 Å². The molecule has 0 saturated carbocycles. The third-order valence-corrected chi connectivity index (χ3v) is 1.87. The Bertz CT molecular complexity index is 155. The second-order valence-electron chi connectivity index (χ2n) is 4.07. The number of hydrogen-bond donors (Lipinski definition) is 1. The molecule has 0 amide bonds. The van der Waals surface area contributed by atoms with Gasteiger partial charge in [-0.25, -0.2) is 0 Å². The lowest BCUT2D eigenvalue weighted by atomic mass is 9.89. The van der Waals surface area contributed by atoms with Crippen LogP contribution in [0.3, 0.4) is 0 Å². The van der Waals surface area contributed by atoms with Crippen molar-refractivity contribution in [2.24, 2.45) is 5.41 Å². The number of carbonyl (C=O) groups is 1.